The lowest BCUT2D eigenvalue weighted by atomic mass is 9.86. The van der Waals surface area contributed by atoms with E-state index in [1.807, 2.05) is 42.7 Å². The van der Waals surface area contributed by atoms with Crippen molar-refractivity contribution in [1.29, 1.82) is 0 Å². The zero-order chi connectivity index (χ0) is 21.7. The number of fused-ring (bicyclic) bond motifs is 1. The quantitative estimate of drug-likeness (QED) is 0.588. The summed E-state index contributed by atoms with van der Waals surface area (Å²) < 4.78 is 2.08. The van der Waals surface area contributed by atoms with Gasteiger partial charge in [0.2, 0.25) is 5.91 Å². The Morgan fingerprint density at radius 1 is 1.07 bits per heavy atom. The minimum Gasteiger partial charge on any atom is -0.354 e. The monoisotopic (exact) mass is 406 g/mol. The largest absolute Gasteiger partial charge is 0.354 e. The lowest BCUT2D eigenvalue weighted by Gasteiger charge is -2.19. The molecule has 1 aromatic heterocycles. The molecular weight excluding hydrogens is 376 g/mol. The molecule has 0 bridgehead atoms. The average molecular weight is 407 g/mol. The summed E-state index contributed by atoms with van der Waals surface area (Å²) in [7, 11) is 0. The van der Waals surface area contributed by atoms with E-state index in [0.717, 1.165) is 29.6 Å². The molecule has 0 unspecified atom stereocenters. The number of rotatable bonds is 7. The van der Waals surface area contributed by atoms with Crippen molar-refractivity contribution < 1.29 is 9.59 Å². The summed E-state index contributed by atoms with van der Waals surface area (Å²) in [5.74, 6) is -0.437. The summed E-state index contributed by atoms with van der Waals surface area (Å²) in [6, 6.07) is 14.9. The summed E-state index contributed by atoms with van der Waals surface area (Å²) in [6.45, 7) is 9.38. The molecule has 2 amide bonds. The Balaban J connectivity index is 1.44. The molecule has 0 aliphatic carbocycles. The molecule has 6 heteroatoms. The van der Waals surface area contributed by atoms with E-state index in [1.54, 1.807) is 19.1 Å². The van der Waals surface area contributed by atoms with Crippen molar-refractivity contribution in [3.8, 4) is 0 Å². The van der Waals surface area contributed by atoms with Crippen LogP contribution in [0, 0.1) is 0 Å². The first-order chi connectivity index (χ1) is 14.3. The summed E-state index contributed by atoms with van der Waals surface area (Å²) in [4.78, 5) is 29.1. The Morgan fingerprint density at radius 3 is 2.47 bits per heavy atom. The van der Waals surface area contributed by atoms with E-state index in [0.29, 0.717) is 12.1 Å². The van der Waals surface area contributed by atoms with Gasteiger partial charge in [-0.1, -0.05) is 45.0 Å². The van der Waals surface area contributed by atoms with Crippen LogP contribution in [0.5, 0.6) is 0 Å². The number of benzene rings is 2. The number of amides is 2. The van der Waals surface area contributed by atoms with E-state index in [9.17, 15) is 9.59 Å². The second kappa shape index (κ2) is 9.11. The van der Waals surface area contributed by atoms with E-state index < -0.39 is 6.04 Å². The number of imidazole rings is 1. The number of carbonyl (C=O) groups excluding carboxylic acids is 2. The van der Waals surface area contributed by atoms with E-state index >= 15 is 0 Å². The fourth-order valence-corrected chi connectivity index (χ4v) is 3.27. The molecule has 3 rings (SSSR count). The third-order valence-corrected chi connectivity index (χ3v) is 5.16. The van der Waals surface area contributed by atoms with Crippen molar-refractivity contribution in [3.05, 3.63) is 66.0 Å². The number of nitrogens with zero attached hydrogens (tertiary/aromatic N) is 2. The molecule has 0 aliphatic rings. The first-order valence-corrected chi connectivity index (χ1v) is 10.3. The fraction of sp³-hybridized carbons (Fsp3) is 0.375. The molecule has 2 aromatic carbocycles. The summed E-state index contributed by atoms with van der Waals surface area (Å²) in [5.41, 5.74) is 3.80. The minimum atomic E-state index is -0.603. The number of hydrogen-bond donors (Lipinski definition) is 2. The van der Waals surface area contributed by atoms with Gasteiger partial charge in [0.15, 0.2) is 0 Å². The Labute approximate surface area is 177 Å². The highest BCUT2D eigenvalue weighted by atomic mass is 16.2. The van der Waals surface area contributed by atoms with Crippen molar-refractivity contribution in [1.82, 2.24) is 20.2 Å². The van der Waals surface area contributed by atoms with E-state index in [2.05, 4.69) is 41.0 Å². The van der Waals surface area contributed by atoms with Gasteiger partial charge in [-0.2, -0.15) is 0 Å². The number of carbonyl (C=O) groups is 2. The first kappa shape index (κ1) is 21.6. The normalized spacial score (nSPS) is 12.5. The third kappa shape index (κ3) is 5.26. The number of hydrogen-bond acceptors (Lipinski definition) is 3. The Kier molecular flexibility index (Phi) is 6.55. The zero-order valence-corrected chi connectivity index (χ0v) is 18.1. The molecule has 1 atom stereocenters. The molecule has 0 aliphatic heterocycles. The van der Waals surface area contributed by atoms with Crippen molar-refractivity contribution in [2.24, 2.45) is 0 Å². The Bertz CT molecular complexity index is 1020. The lowest BCUT2D eigenvalue weighted by molar-refractivity contribution is -0.122. The van der Waals surface area contributed by atoms with E-state index in [1.165, 1.54) is 0 Å². The standard InChI is InChI=1S/C24H30N4O2/c1-17(27-23(30)18-10-12-19(13-11-18)24(2,3)4)22(29)25-14-7-15-28-16-26-20-8-5-6-9-21(20)28/h5-6,8-13,16-17H,7,14-15H2,1-4H3,(H,25,29)(H,27,30)/t17-/m0/s1. The van der Waals surface area contributed by atoms with Gasteiger partial charge in [0.1, 0.15) is 6.04 Å². The van der Waals surface area contributed by atoms with Gasteiger partial charge in [-0.3, -0.25) is 9.59 Å². The molecule has 2 N–H and O–H groups in total. The zero-order valence-electron chi connectivity index (χ0n) is 18.1. The van der Waals surface area contributed by atoms with Crippen LogP contribution >= 0.6 is 0 Å². The summed E-state index contributed by atoms with van der Waals surface area (Å²) in [6.07, 6.45) is 2.60. The molecule has 3 aromatic rings. The van der Waals surface area contributed by atoms with Crippen LogP contribution in [0.25, 0.3) is 11.0 Å². The minimum absolute atomic E-state index is 0.0329. The predicted octanol–water partition coefficient (Wildman–Crippen LogP) is 3.66. The summed E-state index contributed by atoms with van der Waals surface area (Å²) >= 11 is 0. The van der Waals surface area contributed by atoms with Gasteiger partial charge in [0.05, 0.1) is 17.4 Å². The van der Waals surface area contributed by atoms with Gasteiger partial charge in [-0.15, -0.1) is 0 Å². The van der Waals surface area contributed by atoms with Crippen LogP contribution < -0.4 is 10.6 Å². The smallest absolute Gasteiger partial charge is 0.251 e. The van der Waals surface area contributed by atoms with Crippen LogP contribution in [0.4, 0.5) is 0 Å². The number of para-hydroxylation sites is 2. The predicted molar refractivity (Wildman–Crippen MR) is 119 cm³/mol. The number of aromatic nitrogens is 2. The maximum atomic E-state index is 12.4. The summed E-state index contributed by atoms with van der Waals surface area (Å²) in [5, 5.41) is 5.66. The number of nitrogens with one attached hydrogen (secondary N) is 2. The van der Waals surface area contributed by atoms with Gasteiger partial charge in [0, 0.05) is 18.7 Å². The fourth-order valence-electron chi connectivity index (χ4n) is 3.27. The molecule has 0 saturated heterocycles. The van der Waals surface area contributed by atoms with Gasteiger partial charge >= 0.3 is 0 Å². The first-order valence-electron chi connectivity index (χ1n) is 10.3. The van der Waals surface area contributed by atoms with Crippen LogP contribution in [0.1, 0.15) is 50.0 Å². The second-order valence-corrected chi connectivity index (χ2v) is 8.59. The van der Waals surface area contributed by atoms with Crippen LogP contribution in [0.2, 0.25) is 0 Å². The van der Waals surface area contributed by atoms with Crippen molar-refractivity contribution in [2.75, 3.05) is 6.54 Å². The molecule has 6 nitrogen and oxygen atoms in total. The molecule has 0 fully saturated rings. The molecule has 0 spiro atoms. The topological polar surface area (TPSA) is 76.0 Å². The van der Waals surface area contributed by atoms with Crippen molar-refractivity contribution in [2.45, 2.75) is 52.1 Å². The Morgan fingerprint density at radius 2 is 1.77 bits per heavy atom. The van der Waals surface area contributed by atoms with Gasteiger partial charge in [-0.25, -0.2) is 4.98 Å². The highest BCUT2D eigenvalue weighted by Crippen LogP contribution is 2.22. The molecular formula is C24H30N4O2. The maximum Gasteiger partial charge on any atom is 0.251 e. The number of aryl methyl sites for hydroxylation is 1. The van der Waals surface area contributed by atoms with Crippen LogP contribution in [-0.2, 0) is 16.8 Å². The van der Waals surface area contributed by atoms with Gasteiger partial charge in [-0.05, 0) is 48.6 Å². The second-order valence-electron chi connectivity index (χ2n) is 8.59. The molecule has 30 heavy (non-hydrogen) atoms. The van der Waals surface area contributed by atoms with Gasteiger partial charge in [0.25, 0.3) is 5.91 Å². The van der Waals surface area contributed by atoms with E-state index in [4.69, 9.17) is 0 Å². The molecule has 0 radical (unpaired) electrons. The van der Waals surface area contributed by atoms with Crippen LogP contribution in [-0.4, -0.2) is 34.0 Å². The van der Waals surface area contributed by atoms with Crippen LogP contribution in [0.15, 0.2) is 54.9 Å². The van der Waals surface area contributed by atoms with Crippen molar-refractivity contribution in [3.63, 3.8) is 0 Å². The highest BCUT2D eigenvalue weighted by molar-refractivity contribution is 5.97. The van der Waals surface area contributed by atoms with Gasteiger partial charge < -0.3 is 15.2 Å². The molecule has 158 valence electrons. The van der Waals surface area contributed by atoms with Crippen molar-refractivity contribution >= 4 is 22.8 Å². The molecule has 1 heterocycles. The Hall–Kier alpha value is -3.15. The maximum absolute atomic E-state index is 12.4. The lowest BCUT2D eigenvalue weighted by Crippen LogP contribution is -2.45. The SMILES string of the molecule is C[C@H](NC(=O)c1ccc(C(C)(C)C)cc1)C(=O)NCCCn1cnc2ccccc21. The van der Waals surface area contributed by atoms with Crippen LogP contribution in [0.3, 0.4) is 0 Å². The van der Waals surface area contributed by atoms with E-state index in [-0.39, 0.29) is 17.2 Å². The highest BCUT2D eigenvalue weighted by Gasteiger charge is 2.18. The average Bonchev–Trinajstić information content (AvgIpc) is 3.13. The third-order valence-electron chi connectivity index (χ3n) is 5.16. The molecule has 0 saturated carbocycles.